The fraction of sp³-hybridized carbons (Fsp3) is 0.655. The summed E-state index contributed by atoms with van der Waals surface area (Å²) >= 11 is 0. The first-order valence-electron chi connectivity index (χ1n) is 24.7. The molecule has 0 amide bonds. The Balaban J connectivity index is 4.47. The lowest BCUT2D eigenvalue weighted by Crippen LogP contribution is -2.30. The molecule has 0 aliphatic rings. The fourth-order valence-corrected chi connectivity index (χ4v) is 6.37. The van der Waals surface area contributed by atoms with E-state index in [-0.39, 0.29) is 31.1 Å². The molecule has 0 aliphatic carbocycles. The second kappa shape index (κ2) is 49.0. The second-order valence-corrected chi connectivity index (χ2v) is 16.0. The molecule has 0 rings (SSSR count). The van der Waals surface area contributed by atoms with Gasteiger partial charge < -0.3 is 14.2 Å². The van der Waals surface area contributed by atoms with Crippen LogP contribution in [0.15, 0.2) is 97.2 Å². The number of allylic oxidation sites excluding steroid dienone is 16. The van der Waals surface area contributed by atoms with E-state index in [2.05, 4.69) is 118 Å². The summed E-state index contributed by atoms with van der Waals surface area (Å²) in [5.41, 5.74) is 0. The first-order valence-corrected chi connectivity index (χ1v) is 24.7. The topological polar surface area (TPSA) is 78.9 Å². The Morgan fingerprint density at radius 1 is 0.344 bits per heavy atom. The van der Waals surface area contributed by atoms with Crippen LogP contribution in [0.5, 0.6) is 0 Å². The minimum absolute atomic E-state index is 0.0985. The lowest BCUT2D eigenvalue weighted by atomic mass is 10.1. The molecule has 1 unspecified atom stereocenters. The number of rotatable bonds is 43. The maximum Gasteiger partial charge on any atom is 0.306 e. The minimum Gasteiger partial charge on any atom is -0.462 e. The molecule has 0 heterocycles. The van der Waals surface area contributed by atoms with E-state index < -0.39 is 6.10 Å². The van der Waals surface area contributed by atoms with Gasteiger partial charge in [0.15, 0.2) is 6.10 Å². The smallest absolute Gasteiger partial charge is 0.306 e. The molecule has 0 saturated carbocycles. The van der Waals surface area contributed by atoms with Gasteiger partial charge in [0.1, 0.15) is 13.2 Å². The molecule has 0 spiro atoms. The lowest BCUT2D eigenvalue weighted by Gasteiger charge is -2.18. The van der Waals surface area contributed by atoms with Crippen molar-refractivity contribution in [2.75, 3.05) is 13.2 Å². The molecule has 0 bridgehead atoms. The third-order valence-corrected chi connectivity index (χ3v) is 10.1. The third kappa shape index (κ3) is 47.2. The molecule has 0 aliphatic heterocycles. The van der Waals surface area contributed by atoms with Crippen molar-refractivity contribution >= 4 is 17.9 Å². The van der Waals surface area contributed by atoms with E-state index in [0.717, 1.165) is 148 Å². The number of unbranched alkanes of at least 4 members (excludes halogenated alkanes) is 16. The number of carbonyl (C=O) groups excluding carboxylic acids is 3. The first-order chi connectivity index (χ1) is 30.0. The molecule has 0 aromatic rings. The highest BCUT2D eigenvalue weighted by Gasteiger charge is 2.19. The monoisotopic (exact) mass is 847 g/mol. The summed E-state index contributed by atoms with van der Waals surface area (Å²) in [7, 11) is 0. The number of hydrogen-bond acceptors (Lipinski definition) is 6. The largest absolute Gasteiger partial charge is 0.462 e. The normalized spacial score (nSPS) is 12.9. The standard InChI is InChI=1S/C55H90O6/c1-4-7-10-13-16-19-22-24-26-27-29-30-33-36-39-42-45-48-54(57)60-51-52(50-59-53(56)47-44-41-38-35-32-21-18-15-12-9-6-3)61-55(58)49-46-43-40-37-34-31-28-25-23-20-17-14-11-8-5-2/h7-8,10-11,15-20,24-26,28-30,52H,4-6,9,12-14,21-23,27,31-51H2,1-3H3/b10-7-,11-8-,18-15-,19-16-,20-17-,26-24-,28-25-,30-29-. The predicted octanol–water partition coefficient (Wildman–Crippen LogP) is 16.2. The predicted molar refractivity (Wildman–Crippen MR) is 260 cm³/mol. The van der Waals surface area contributed by atoms with E-state index >= 15 is 0 Å². The SMILES string of the molecule is CC/C=C\C/C=C\C/C=C\C/C=C\CCCCCCC(=O)OCC(COC(=O)CCCCCCC/C=C\CCCC)OC(=O)CCCCCCC/C=C\C/C=C\C/C=C\CC. The maximum atomic E-state index is 12.8. The van der Waals surface area contributed by atoms with Crippen molar-refractivity contribution < 1.29 is 28.6 Å². The number of carbonyl (C=O) groups is 3. The van der Waals surface area contributed by atoms with Crippen LogP contribution >= 0.6 is 0 Å². The summed E-state index contributed by atoms with van der Waals surface area (Å²) in [6.07, 6.45) is 63.9. The Labute approximate surface area is 375 Å². The van der Waals surface area contributed by atoms with Crippen molar-refractivity contribution in [2.24, 2.45) is 0 Å². The van der Waals surface area contributed by atoms with Gasteiger partial charge in [0, 0.05) is 19.3 Å². The van der Waals surface area contributed by atoms with Gasteiger partial charge in [-0.05, 0) is 109 Å². The molecule has 0 fully saturated rings. The zero-order chi connectivity index (χ0) is 44.4. The highest BCUT2D eigenvalue weighted by molar-refractivity contribution is 5.71. The Morgan fingerprint density at radius 3 is 1.02 bits per heavy atom. The average molecular weight is 847 g/mol. The fourth-order valence-electron chi connectivity index (χ4n) is 6.37. The molecule has 1 atom stereocenters. The highest BCUT2D eigenvalue weighted by atomic mass is 16.6. The Hall–Kier alpha value is -3.67. The molecule has 61 heavy (non-hydrogen) atoms. The summed E-state index contributed by atoms with van der Waals surface area (Å²) in [5, 5.41) is 0. The number of hydrogen-bond donors (Lipinski definition) is 0. The lowest BCUT2D eigenvalue weighted by molar-refractivity contribution is -0.167. The zero-order valence-corrected chi connectivity index (χ0v) is 39.4. The van der Waals surface area contributed by atoms with Crippen LogP contribution in [0.3, 0.4) is 0 Å². The Morgan fingerprint density at radius 2 is 0.639 bits per heavy atom. The van der Waals surface area contributed by atoms with Crippen LogP contribution in [0.2, 0.25) is 0 Å². The molecular formula is C55H90O6. The highest BCUT2D eigenvalue weighted by Crippen LogP contribution is 2.13. The van der Waals surface area contributed by atoms with E-state index in [1.807, 2.05) is 0 Å². The summed E-state index contributed by atoms with van der Waals surface area (Å²) in [6, 6.07) is 0. The second-order valence-electron chi connectivity index (χ2n) is 16.0. The van der Waals surface area contributed by atoms with Gasteiger partial charge in [0.2, 0.25) is 0 Å². The van der Waals surface area contributed by atoms with Gasteiger partial charge >= 0.3 is 17.9 Å². The van der Waals surface area contributed by atoms with Crippen LogP contribution in [-0.2, 0) is 28.6 Å². The zero-order valence-electron chi connectivity index (χ0n) is 39.4. The van der Waals surface area contributed by atoms with Crippen LogP contribution in [0, 0.1) is 0 Å². The Kier molecular flexibility index (Phi) is 46.0. The van der Waals surface area contributed by atoms with E-state index in [1.165, 1.54) is 25.7 Å². The van der Waals surface area contributed by atoms with E-state index in [4.69, 9.17) is 14.2 Å². The van der Waals surface area contributed by atoms with Gasteiger partial charge in [-0.25, -0.2) is 0 Å². The van der Waals surface area contributed by atoms with Gasteiger partial charge in [0.05, 0.1) is 0 Å². The summed E-state index contributed by atoms with van der Waals surface area (Å²) in [5.74, 6) is -0.955. The van der Waals surface area contributed by atoms with Crippen molar-refractivity contribution in [2.45, 2.75) is 219 Å². The van der Waals surface area contributed by atoms with Crippen LogP contribution in [0.4, 0.5) is 0 Å². The molecule has 0 saturated heterocycles. The van der Waals surface area contributed by atoms with Crippen LogP contribution in [0.1, 0.15) is 213 Å². The van der Waals surface area contributed by atoms with Gasteiger partial charge in [-0.2, -0.15) is 0 Å². The summed E-state index contributed by atoms with van der Waals surface area (Å²) in [4.78, 5) is 37.9. The molecule has 0 aromatic carbocycles. The summed E-state index contributed by atoms with van der Waals surface area (Å²) < 4.78 is 16.7. The Bertz CT molecular complexity index is 1250. The van der Waals surface area contributed by atoms with Crippen molar-refractivity contribution in [3.63, 3.8) is 0 Å². The van der Waals surface area contributed by atoms with Gasteiger partial charge in [-0.1, -0.05) is 182 Å². The molecule has 0 aromatic heterocycles. The van der Waals surface area contributed by atoms with Crippen molar-refractivity contribution in [1.29, 1.82) is 0 Å². The summed E-state index contributed by atoms with van der Waals surface area (Å²) in [6.45, 7) is 6.31. The van der Waals surface area contributed by atoms with Gasteiger partial charge in [-0.15, -0.1) is 0 Å². The quantitative estimate of drug-likeness (QED) is 0.0263. The van der Waals surface area contributed by atoms with E-state index in [9.17, 15) is 14.4 Å². The average Bonchev–Trinajstić information content (AvgIpc) is 3.26. The molecule has 346 valence electrons. The molecule has 0 N–H and O–H groups in total. The third-order valence-electron chi connectivity index (χ3n) is 10.1. The molecule has 0 radical (unpaired) electrons. The molecule has 6 heteroatoms. The van der Waals surface area contributed by atoms with Crippen molar-refractivity contribution in [1.82, 2.24) is 0 Å². The number of ether oxygens (including phenoxy) is 3. The molecule has 6 nitrogen and oxygen atoms in total. The maximum absolute atomic E-state index is 12.8. The van der Waals surface area contributed by atoms with E-state index in [1.54, 1.807) is 0 Å². The van der Waals surface area contributed by atoms with Gasteiger partial charge in [0.25, 0.3) is 0 Å². The van der Waals surface area contributed by atoms with Gasteiger partial charge in [-0.3, -0.25) is 14.4 Å². The first kappa shape index (κ1) is 57.3. The van der Waals surface area contributed by atoms with Crippen LogP contribution in [-0.4, -0.2) is 37.2 Å². The van der Waals surface area contributed by atoms with E-state index in [0.29, 0.717) is 19.3 Å². The van der Waals surface area contributed by atoms with Crippen LogP contribution < -0.4 is 0 Å². The van der Waals surface area contributed by atoms with Crippen molar-refractivity contribution in [3.05, 3.63) is 97.2 Å². The van der Waals surface area contributed by atoms with Crippen molar-refractivity contribution in [3.8, 4) is 0 Å². The number of esters is 3. The molecular weight excluding hydrogens is 757 g/mol. The minimum atomic E-state index is -0.800. The van der Waals surface area contributed by atoms with Crippen LogP contribution in [0.25, 0.3) is 0 Å².